The van der Waals surface area contributed by atoms with Gasteiger partial charge in [0.2, 0.25) is 6.10 Å². The first-order valence-corrected chi connectivity index (χ1v) is 4.04. The maximum atomic E-state index is 10.8. The summed E-state index contributed by atoms with van der Waals surface area (Å²) in [6, 6.07) is 0. The van der Waals surface area contributed by atoms with Gasteiger partial charge in [-0.1, -0.05) is 0 Å². The number of aliphatic hydroxyl groups is 1. The zero-order chi connectivity index (χ0) is 9.05. The molecular formula is C7H8O6. The largest absolute Gasteiger partial charge is 0.511 e. The maximum Gasteiger partial charge on any atom is 0.511 e. The normalized spacial score (nSPS) is 52.7. The molecule has 4 aliphatic heterocycles. The van der Waals surface area contributed by atoms with E-state index < -0.39 is 30.3 Å². The van der Waals surface area contributed by atoms with Crippen LogP contribution in [0.5, 0.6) is 0 Å². The van der Waals surface area contributed by atoms with Crippen LogP contribution in [-0.2, 0) is 18.9 Å². The summed E-state index contributed by atoms with van der Waals surface area (Å²) in [6.45, 7) is 0.361. The zero-order valence-corrected chi connectivity index (χ0v) is 6.63. The van der Waals surface area contributed by atoms with E-state index in [2.05, 4.69) is 0 Å². The zero-order valence-electron chi connectivity index (χ0n) is 6.63. The first kappa shape index (κ1) is 7.54. The number of carbonyl (C=O) groups is 1. The van der Waals surface area contributed by atoms with Crippen molar-refractivity contribution in [2.24, 2.45) is 0 Å². The van der Waals surface area contributed by atoms with Crippen LogP contribution in [0.25, 0.3) is 0 Å². The SMILES string of the molecule is O=C1OC2C(O)C3COC2(CO3)O1. The van der Waals surface area contributed by atoms with Gasteiger partial charge in [-0.25, -0.2) is 4.79 Å². The number of fused-ring (bicyclic) bond motifs is 2. The molecule has 4 saturated heterocycles. The average Bonchev–Trinajstić information content (AvgIpc) is 2.44. The Balaban J connectivity index is 1.99. The molecule has 0 saturated carbocycles. The van der Waals surface area contributed by atoms with E-state index in [1.807, 2.05) is 0 Å². The van der Waals surface area contributed by atoms with E-state index >= 15 is 0 Å². The molecule has 4 heterocycles. The van der Waals surface area contributed by atoms with Crippen molar-refractivity contribution < 1.29 is 28.8 Å². The van der Waals surface area contributed by atoms with Crippen LogP contribution in [0.15, 0.2) is 0 Å². The van der Waals surface area contributed by atoms with Crippen LogP contribution in [0.1, 0.15) is 0 Å². The number of rotatable bonds is 0. The van der Waals surface area contributed by atoms with E-state index in [1.165, 1.54) is 0 Å². The highest BCUT2D eigenvalue weighted by molar-refractivity contribution is 5.63. The molecule has 6 heteroatoms. The summed E-state index contributed by atoms with van der Waals surface area (Å²) in [5, 5.41) is 9.62. The second-order valence-electron chi connectivity index (χ2n) is 3.35. The molecule has 13 heavy (non-hydrogen) atoms. The minimum Gasteiger partial charge on any atom is -0.421 e. The van der Waals surface area contributed by atoms with Gasteiger partial charge in [0.25, 0.3) is 5.79 Å². The van der Waals surface area contributed by atoms with Crippen molar-refractivity contribution in [2.75, 3.05) is 13.2 Å². The van der Waals surface area contributed by atoms with Gasteiger partial charge in [-0.3, -0.25) is 0 Å². The summed E-state index contributed by atoms with van der Waals surface area (Å²) in [4.78, 5) is 10.8. The Hall–Kier alpha value is -0.850. The first-order chi connectivity index (χ1) is 6.21. The van der Waals surface area contributed by atoms with Crippen molar-refractivity contribution in [1.82, 2.24) is 0 Å². The minimum atomic E-state index is -1.20. The topological polar surface area (TPSA) is 74.2 Å². The molecule has 1 spiro atoms. The summed E-state index contributed by atoms with van der Waals surface area (Å²) in [7, 11) is 0. The predicted molar refractivity (Wildman–Crippen MR) is 35.8 cm³/mol. The fourth-order valence-corrected chi connectivity index (χ4v) is 1.90. The lowest BCUT2D eigenvalue weighted by Crippen LogP contribution is -2.67. The molecule has 4 fully saturated rings. The fraction of sp³-hybridized carbons (Fsp3) is 0.857. The Morgan fingerprint density at radius 1 is 1.54 bits per heavy atom. The van der Waals surface area contributed by atoms with Crippen molar-refractivity contribution in [2.45, 2.75) is 24.1 Å². The second-order valence-corrected chi connectivity index (χ2v) is 3.35. The van der Waals surface area contributed by atoms with E-state index in [9.17, 15) is 9.90 Å². The standard InChI is InChI=1S/C7H8O6/c8-4-3-1-11-7(2-10-3)5(4)12-6(9)13-7/h3-5,8H,1-2H2. The molecule has 1 N–H and O–H groups in total. The molecule has 0 aliphatic carbocycles. The number of ether oxygens (including phenoxy) is 4. The highest BCUT2D eigenvalue weighted by Gasteiger charge is 2.64. The third-order valence-electron chi connectivity index (χ3n) is 2.59. The van der Waals surface area contributed by atoms with Crippen molar-refractivity contribution in [3.8, 4) is 0 Å². The molecule has 4 rings (SSSR count). The highest BCUT2D eigenvalue weighted by Crippen LogP contribution is 2.40. The number of hydrogen-bond acceptors (Lipinski definition) is 6. The molecule has 72 valence electrons. The number of hydrogen-bond donors (Lipinski definition) is 1. The molecule has 4 atom stereocenters. The monoisotopic (exact) mass is 188 g/mol. The summed E-state index contributed by atoms with van der Waals surface area (Å²) < 4.78 is 20.1. The van der Waals surface area contributed by atoms with Crippen LogP contribution < -0.4 is 0 Å². The molecule has 0 amide bonds. The summed E-state index contributed by atoms with van der Waals surface area (Å²) in [5.74, 6) is -1.20. The third kappa shape index (κ3) is 0.800. The van der Waals surface area contributed by atoms with Crippen molar-refractivity contribution in [1.29, 1.82) is 0 Å². The van der Waals surface area contributed by atoms with Gasteiger partial charge in [-0.05, 0) is 0 Å². The second kappa shape index (κ2) is 2.14. The minimum absolute atomic E-state index is 0.130. The summed E-state index contributed by atoms with van der Waals surface area (Å²) in [5.41, 5.74) is 0. The van der Waals surface area contributed by atoms with Gasteiger partial charge in [0, 0.05) is 0 Å². The Morgan fingerprint density at radius 3 is 3.00 bits per heavy atom. The van der Waals surface area contributed by atoms with Gasteiger partial charge in [-0.15, -0.1) is 0 Å². The van der Waals surface area contributed by atoms with E-state index in [1.54, 1.807) is 0 Å². The predicted octanol–water partition coefficient (Wildman–Crippen LogP) is -0.992. The Bertz CT molecular complexity index is 256. The van der Waals surface area contributed by atoms with Gasteiger partial charge in [0.1, 0.15) is 18.8 Å². The van der Waals surface area contributed by atoms with E-state index in [-0.39, 0.29) is 13.2 Å². The van der Waals surface area contributed by atoms with Gasteiger partial charge in [-0.2, -0.15) is 0 Å². The van der Waals surface area contributed by atoms with Crippen molar-refractivity contribution in [3.63, 3.8) is 0 Å². The smallest absolute Gasteiger partial charge is 0.421 e. The average molecular weight is 188 g/mol. The van der Waals surface area contributed by atoms with Gasteiger partial charge >= 0.3 is 6.16 Å². The fourth-order valence-electron chi connectivity index (χ4n) is 1.90. The lowest BCUT2D eigenvalue weighted by atomic mass is 9.94. The van der Waals surface area contributed by atoms with Gasteiger partial charge < -0.3 is 24.1 Å². The molecule has 0 aromatic heterocycles. The molecule has 0 aromatic carbocycles. The van der Waals surface area contributed by atoms with Crippen LogP contribution >= 0.6 is 0 Å². The lowest BCUT2D eigenvalue weighted by molar-refractivity contribution is -0.350. The maximum absolute atomic E-state index is 10.8. The number of carbonyl (C=O) groups excluding carboxylic acids is 1. The molecule has 2 bridgehead atoms. The van der Waals surface area contributed by atoms with Gasteiger partial charge in [0.05, 0.1) is 6.61 Å². The summed E-state index contributed by atoms with van der Waals surface area (Å²) in [6.07, 6.45) is -2.82. The molecular weight excluding hydrogens is 180 g/mol. The molecule has 4 unspecified atom stereocenters. The Labute approximate surface area is 73.3 Å². The Kier molecular flexibility index (Phi) is 1.24. The lowest BCUT2D eigenvalue weighted by Gasteiger charge is -2.46. The van der Waals surface area contributed by atoms with Crippen molar-refractivity contribution >= 4 is 6.16 Å². The first-order valence-electron chi connectivity index (χ1n) is 4.04. The van der Waals surface area contributed by atoms with Crippen LogP contribution in [0.4, 0.5) is 4.79 Å². The molecule has 0 radical (unpaired) electrons. The molecule has 4 aliphatic rings. The van der Waals surface area contributed by atoms with Crippen LogP contribution in [0, 0.1) is 0 Å². The Morgan fingerprint density at radius 2 is 2.38 bits per heavy atom. The molecule has 0 aromatic rings. The van der Waals surface area contributed by atoms with Crippen LogP contribution in [-0.4, -0.2) is 48.6 Å². The van der Waals surface area contributed by atoms with Crippen molar-refractivity contribution in [3.05, 3.63) is 0 Å². The highest BCUT2D eigenvalue weighted by atomic mass is 16.9. The third-order valence-corrected chi connectivity index (χ3v) is 2.59. The molecule has 6 nitrogen and oxygen atoms in total. The number of aliphatic hydroxyl groups excluding tert-OH is 1. The van der Waals surface area contributed by atoms with Crippen LogP contribution in [0.3, 0.4) is 0 Å². The van der Waals surface area contributed by atoms with E-state index in [4.69, 9.17) is 18.9 Å². The summed E-state index contributed by atoms with van der Waals surface area (Å²) >= 11 is 0. The van der Waals surface area contributed by atoms with E-state index in [0.717, 1.165) is 0 Å². The van der Waals surface area contributed by atoms with E-state index in [0.29, 0.717) is 0 Å². The quantitative estimate of drug-likeness (QED) is 0.492. The van der Waals surface area contributed by atoms with Gasteiger partial charge in [0.15, 0.2) is 0 Å². The van der Waals surface area contributed by atoms with Crippen LogP contribution in [0.2, 0.25) is 0 Å².